The monoisotopic (exact) mass is 254 g/mol. The third kappa shape index (κ3) is 1.87. The number of hydrogen-bond acceptors (Lipinski definition) is 6. The number of nitriles is 2. The molecule has 2 aromatic heterocycles. The van der Waals surface area contributed by atoms with Crippen LogP contribution in [0.1, 0.15) is 17.0 Å². The van der Waals surface area contributed by atoms with E-state index in [-0.39, 0.29) is 22.9 Å². The fourth-order valence-electron chi connectivity index (χ4n) is 1.64. The van der Waals surface area contributed by atoms with Crippen LogP contribution >= 0.6 is 0 Å². The molecule has 2 rings (SSSR count). The summed E-state index contributed by atoms with van der Waals surface area (Å²) in [4.78, 5) is 18.1. The quantitative estimate of drug-likeness (QED) is 0.586. The topological polar surface area (TPSA) is 121 Å². The molecule has 2 heterocycles. The van der Waals surface area contributed by atoms with Gasteiger partial charge in [0.2, 0.25) is 5.82 Å². The Hall–Kier alpha value is -3.26. The first kappa shape index (κ1) is 12.2. The second kappa shape index (κ2) is 4.55. The first-order chi connectivity index (χ1) is 9.10. The van der Waals surface area contributed by atoms with Gasteiger partial charge in [0.25, 0.3) is 0 Å². The van der Waals surface area contributed by atoms with Gasteiger partial charge in [0.1, 0.15) is 18.5 Å². The van der Waals surface area contributed by atoms with Gasteiger partial charge in [-0.25, -0.2) is 9.97 Å². The zero-order valence-corrected chi connectivity index (χ0v) is 9.73. The van der Waals surface area contributed by atoms with Crippen LogP contribution in [0.15, 0.2) is 18.6 Å². The maximum Gasteiger partial charge on any atom is 0.315 e. The predicted octanol–water partition coefficient (Wildman–Crippen LogP) is 1.23. The molecule has 8 nitrogen and oxygen atoms in total. The molecule has 0 radical (unpaired) electrons. The van der Waals surface area contributed by atoms with E-state index >= 15 is 0 Å². The standard InChI is InChI=1S/C11H6N6O2/c1-7-2-3-14-11(10(7)17(18)19)16-6-15-8(4-12)9(16)5-13/h2-3,6H,1H3. The minimum Gasteiger partial charge on any atom is -0.267 e. The van der Waals surface area contributed by atoms with Crippen molar-refractivity contribution in [2.24, 2.45) is 0 Å². The molecule has 0 aliphatic rings. The second-order valence-corrected chi connectivity index (χ2v) is 3.59. The van der Waals surface area contributed by atoms with Crippen molar-refractivity contribution in [3.63, 3.8) is 0 Å². The number of rotatable bonds is 2. The van der Waals surface area contributed by atoms with Crippen molar-refractivity contribution in [3.05, 3.63) is 45.7 Å². The molecule has 0 unspecified atom stereocenters. The molecule has 19 heavy (non-hydrogen) atoms. The molecule has 0 spiro atoms. The molecule has 0 fully saturated rings. The number of nitrogens with zero attached hydrogens (tertiary/aromatic N) is 6. The van der Waals surface area contributed by atoms with Crippen LogP contribution in [-0.4, -0.2) is 19.5 Å². The number of nitro groups is 1. The molecular formula is C11H6N6O2. The van der Waals surface area contributed by atoms with Crippen LogP contribution in [0.3, 0.4) is 0 Å². The highest BCUT2D eigenvalue weighted by Gasteiger charge is 2.23. The van der Waals surface area contributed by atoms with Gasteiger partial charge in [-0.15, -0.1) is 0 Å². The van der Waals surface area contributed by atoms with Crippen molar-refractivity contribution in [1.29, 1.82) is 10.5 Å². The molecule has 8 heteroatoms. The van der Waals surface area contributed by atoms with E-state index in [1.807, 2.05) is 0 Å². The summed E-state index contributed by atoms with van der Waals surface area (Å²) in [6.07, 6.45) is 2.57. The number of aromatic nitrogens is 3. The summed E-state index contributed by atoms with van der Waals surface area (Å²) in [5.74, 6) is -0.0319. The van der Waals surface area contributed by atoms with E-state index in [1.54, 1.807) is 19.1 Å². The molecule has 0 atom stereocenters. The molecule has 0 N–H and O–H groups in total. The molecule has 0 aromatic carbocycles. The summed E-state index contributed by atoms with van der Waals surface area (Å²) in [6, 6.07) is 5.04. The van der Waals surface area contributed by atoms with Gasteiger partial charge in [-0.05, 0) is 13.0 Å². The molecule has 0 aliphatic heterocycles. The highest BCUT2D eigenvalue weighted by Crippen LogP contribution is 2.25. The van der Waals surface area contributed by atoms with Crippen LogP contribution in [0.25, 0.3) is 5.82 Å². The minimum absolute atomic E-state index is 0.0319. The maximum absolute atomic E-state index is 11.1. The highest BCUT2D eigenvalue weighted by molar-refractivity contribution is 5.55. The predicted molar refractivity (Wildman–Crippen MR) is 62.2 cm³/mol. The van der Waals surface area contributed by atoms with E-state index in [4.69, 9.17) is 10.5 Å². The smallest absolute Gasteiger partial charge is 0.267 e. The van der Waals surface area contributed by atoms with Crippen molar-refractivity contribution in [1.82, 2.24) is 14.5 Å². The Morgan fingerprint density at radius 2 is 2.11 bits per heavy atom. The largest absolute Gasteiger partial charge is 0.315 e. The summed E-state index contributed by atoms with van der Waals surface area (Å²) in [7, 11) is 0. The van der Waals surface area contributed by atoms with Gasteiger partial charge in [-0.3, -0.25) is 14.7 Å². The highest BCUT2D eigenvalue weighted by atomic mass is 16.6. The van der Waals surface area contributed by atoms with Crippen LogP contribution in [-0.2, 0) is 0 Å². The van der Waals surface area contributed by atoms with E-state index in [1.165, 1.54) is 18.6 Å². The van der Waals surface area contributed by atoms with E-state index in [0.29, 0.717) is 5.56 Å². The van der Waals surface area contributed by atoms with Gasteiger partial charge in [0, 0.05) is 11.8 Å². The number of hydrogen-bond donors (Lipinski definition) is 0. The Morgan fingerprint density at radius 3 is 2.68 bits per heavy atom. The molecule has 0 bridgehead atoms. The first-order valence-corrected chi connectivity index (χ1v) is 5.08. The maximum atomic E-state index is 11.1. The van der Waals surface area contributed by atoms with Crippen molar-refractivity contribution in [3.8, 4) is 18.0 Å². The SMILES string of the molecule is Cc1ccnc(-n2cnc(C#N)c2C#N)c1[N+](=O)[O-]. The lowest BCUT2D eigenvalue weighted by Crippen LogP contribution is -2.05. The summed E-state index contributed by atoms with van der Waals surface area (Å²) >= 11 is 0. The van der Waals surface area contributed by atoms with Gasteiger partial charge >= 0.3 is 5.69 Å². The summed E-state index contributed by atoms with van der Waals surface area (Å²) in [5, 5.41) is 28.9. The van der Waals surface area contributed by atoms with Crippen molar-refractivity contribution < 1.29 is 4.92 Å². The number of imidazole rings is 1. The van der Waals surface area contributed by atoms with Gasteiger partial charge < -0.3 is 0 Å². The van der Waals surface area contributed by atoms with Gasteiger partial charge in [-0.1, -0.05) is 0 Å². The lowest BCUT2D eigenvalue weighted by Gasteiger charge is -2.05. The number of pyridine rings is 1. The van der Waals surface area contributed by atoms with E-state index in [9.17, 15) is 10.1 Å². The van der Waals surface area contributed by atoms with E-state index in [2.05, 4.69) is 9.97 Å². The van der Waals surface area contributed by atoms with Crippen LogP contribution in [0.4, 0.5) is 5.69 Å². The molecule has 2 aromatic rings. The Labute approximate surface area is 107 Å². The van der Waals surface area contributed by atoms with Gasteiger partial charge in [-0.2, -0.15) is 10.5 Å². The average molecular weight is 254 g/mol. The van der Waals surface area contributed by atoms with E-state index in [0.717, 1.165) is 4.57 Å². The van der Waals surface area contributed by atoms with Crippen LogP contribution in [0, 0.1) is 39.7 Å². The Kier molecular flexibility index (Phi) is 2.92. The minimum atomic E-state index is -0.579. The third-order valence-electron chi connectivity index (χ3n) is 2.50. The van der Waals surface area contributed by atoms with Crippen molar-refractivity contribution >= 4 is 5.69 Å². The molecule has 0 aliphatic carbocycles. The first-order valence-electron chi connectivity index (χ1n) is 5.08. The van der Waals surface area contributed by atoms with Crippen molar-refractivity contribution in [2.45, 2.75) is 6.92 Å². The normalized spacial score (nSPS) is 9.63. The summed E-state index contributed by atoms with van der Waals surface area (Å²) in [6.45, 7) is 1.57. The van der Waals surface area contributed by atoms with E-state index < -0.39 is 4.92 Å². The molecule has 0 amide bonds. The molecule has 0 saturated carbocycles. The fourth-order valence-corrected chi connectivity index (χ4v) is 1.64. The Balaban J connectivity index is 2.78. The Bertz CT molecular complexity index is 750. The molecular weight excluding hydrogens is 248 g/mol. The average Bonchev–Trinajstić information content (AvgIpc) is 2.80. The zero-order chi connectivity index (χ0) is 14.0. The zero-order valence-electron chi connectivity index (χ0n) is 9.73. The second-order valence-electron chi connectivity index (χ2n) is 3.59. The van der Waals surface area contributed by atoms with Crippen LogP contribution in [0.2, 0.25) is 0 Å². The third-order valence-corrected chi connectivity index (χ3v) is 2.50. The van der Waals surface area contributed by atoms with Crippen LogP contribution < -0.4 is 0 Å². The van der Waals surface area contributed by atoms with Gasteiger partial charge in [0.15, 0.2) is 11.4 Å². The summed E-state index contributed by atoms with van der Waals surface area (Å²) < 4.78 is 1.14. The van der Waals surface area contributed by atoms with Crippen molar-refractivity contribution in [2.75, 3.05) is 0 Å². The lowest BCUT2D eigenvalue weighted by atomic mass is 10.2. The lowest BCUT2D eigenvalue weighted by molar-refractivity contribution is -0.385. The molecule has 0 saturated heterocycles. The number of aryl methyl sites for hydroxylation is 1. The summed E-state index contributed by atoms with van der Waals surface area (Å²) in [5.41, 5.74) is 0.00999. The molecule has 92 valence electrons. The van der Waals surface area contributed by atoms with Gasteiger partial charge in [0.05, 0.1) is 4.92 Å². The van der Waals surface area contributed by atoms with Crippen LogP contribution in [0.5, 0.6) is 0 Å². The Morgan fingerprint density at radius 1 is 1.37 bits per heavy atom. The fraction of sp³-hybridized carbons (Fsp3) is 0.0909.